The van der Waals surface area contributed by atoms with Crippen LogP contribution in [0.5, 0.6) is 0 Å². The molecule has 0 aromatic rings. The summed E-state index contributed by atoms with van der Waals surface area (Å²) in [5.41, 5.74) is 0. The molecule has 0 radical (unpaired) electrons. The third kappa shape index (κ3) is 46.1. The zero-order chi connectivity index (χ0) is 43.6. The van der Waals surface area contributed by atoms with Crippen molar-refractivity contribution in [1.82, 2.24) is 0 Å². The number of carbonyl (C=O) groups excluding carboxylic acids is 2. The second-order valence-corrected chi connectivity index (χ2v) is 19.7. The summed E-state index contributed by atoms with van der Waals surface area (Å²) in [4.78, 5) is 35.4. The van der Waals surface area contributed by atoms with Crippen molar-refractivity contribution in [3.63, 3.8) is 0 Å². The standard InChI is InChI=1S/C49H96NO8P/c1-6-8-10-12-14-16-18-20-21-22-23-24-25-26-27-28-29-30-32-34-36-38-40-42-49(52)58-47(46-57-59(53,54)56-44-43-50(3,4)5)45-55-48(51)41-39-37-35-33-31-19-17-15-13-11-9-7-2/h34,36,47H,6-33,35,37-46H2,1-5H3/p+1/b36-34+/t47-/m1/s1. The number of likely N-dealkylation sites (N-methyl/N-ethyl adjacent to an activating group) is 1. The van der Waals surface area contributed by atoms with E-state index in [0.717, 1.165) is 32.1 Å². The van der Waals surface area contributed by atoms with E-state index < -0.39 is 26.5 Å². The second kappa shape index (κ2) is 42.1. The Hall–Kier alpha value is -1.25. The van der Waals surface area contributed by atoms with Crippen molar-refractivity contribution in [2.45, 2.75) is 245 Å². The third-order valence-electron chi connectivity index (χ3n) is 11.0. The number of quaternary nitrogens is 1. The number of allylic oxidation sites excluding steroid dienone is 2. The molecule has 0 amide bonds. The number of hydrogen-bond donors (Lipinski definition) is 1. The van der Waals surface area contributed by atoms with Crippen molar-refractivity contribution in [3.05, 3.63) is 12.2 Å². The molecule has 0 aliphatic heterocycles. The lowest BCUT2D eigenvalue weighted by Gasteiger charge is -2.24. The van der Waals surface area contributed by atoms with Crippen LogP contribution < -0.4 is 0 Å². The number of ether oxygens (including phenoxy) is 2. The minimum atomic E-state index is -4.38. The summed E-state index contributed by atoms with van der Waals surface area (Å²) < 4.78 is 34.3. The zero-order valence-corrected chi connectivity index (χ0v) is 40.4. The summed E-state index contributed by atoms with van der Waals surface area (Å²) >= 11 is 0. The van der Waals surface area contributed by atoms with Crippen LogP contribution in [0.2, 0.25) is 0 Å². The molecule has 9 nitrogen and oxygen atoms in total. The molecule has 10 heteroatoms. The number of unbranched alkanes of at least 4 members (excludes halogenated alkanes) is 30. The molecule has 350 valence electrons. The van der Waals surface area contributed by atoms with Gasteiger partial charge >= 0.3 is 19.8 Å². The van der Waals surface area contributed by atoms with E-state index in [2.05, 4.69) is 26.0 Å². The summed E-state index contributed by atoms with van der Waals surface area (Å²) in [6, 6.07) is 0. The van der Waals surface area contributed by atoms with E-state index in [4.69, 9.17) is 18.5 Å². The minimum Gasteiger partial charge on any atom is -0.462 e. The maximum absolute atomic E-state index is 12.7. The zero-order valence-electron chi connectivity index (χ0n) is 39.5. The van der Waals surface area contributed by atoms with Crippen LogP contribution in [-0.4, -0.2) is 74.9 Å². The van der Waals surface area contributed by atoms with Gasteiger partial charge in [-0.1, -0.05) is 206 Å². The third-order valence-corrected chi connectivity index (χ3v) is 12.0. The number of esters is 2. The number of rotatable bonds is 46. The first-order valence-corrected chi connectivity index (χ1v) is 26.4. The molecule has 2 atom stereocenters. The van der Waals surface area contributed by atoms with E-state index in [9.17, 15) is 19.0 Å². The first kappa shape index (κ1) is 57.8. The monoisotopic (exact) mass is 859 g/mol. The molecule has 1 unspecified atom stereocenters. The minimum absolute atomic E-state index is 0.0306. The highest BCUT2D eigenvalue weighted by atomic mass is 31.2. The highest BCUT2D eigenvalue weighted by Crippen LogP contribution is 2.43. The Morgan fingerprint density at radius 3 is 1.31 bits per heavy atom. The number of nitrogens with zero attached hydrogens (tertiary/aromatic N) is 1. The van der Waals surface area contributed by atoms with Gasteiger partial charge in [-0.15, -0.1) is 0 Å². The molecule has 59 heavy (non-hydrogen) atoms. The number of phosphoric ester groups is 1. The van der Waals surface area contributed by atoms with Gasteiger partial charge in [0.2, 0.25) is 0 Å². The van der Waals surface area contributed by atoms with Crippen LogP contribution in [0.15, 0.2) is 12.2 Å². The number of carbonyl (C=O) groups is 2. The van der Waals surface area contributed by atoms with E-state index in [1.54, 1.807) is 0 Å². The molecule has 0 heterocycles. The molecule has 0 aromatic carbocycles. The molecule has 0 aliphatic rings. The van der Waals surface area contributed by atoms with Gasteiger partial charge in [0.1, 0.15) is 19.8 Å². The van der Waals surface area contributed by atoms with E-state index in [1.807, 2.05) is 21.1 Å². The van der Waals surface area contributed by atoms with Gasteiger partial charge in [-0.3, -0.25) is 18.6 Å². The molecule has 0 saturated carbocycles. The summed E-state index contributed by atoms with van der Waals surface area (Å²) in [5.74, 6) is -0.823. The number of hydrogen-bond acceptors (Lipinski definition) is 7. The Morgan fingerprint density at radius 1 is 0.508 bits per heavy atom. The van der Waals surface area contributed by atoms with E-state index in [0.29, 0.717) is 17.4 Å². The first-order chi connectivity index (χ1) is 28.5. The van der Waals surface area contributed by atoms with Gasteiger partial charge in [0, 0.05) is 12.8 Å². The molecule has 0 fully saturated rings. The molecule has 0 aromatic heterocycles. The quantitative estimate of drug-likeness (QED) is 0.0212. The Balaban J connectivity index is 4.21. The molecule has 0 rings (SSSR count). The summed E-state index contributed by atoms with van der Waals surface area (Å²) in [7, 11) is 1.47. The predicted octanol–water partition coefficient (Wildman–Crippen LogP) is 14.5. The fourth-order valence-corrected chi connectivity index (χ4v) is 7.88. The average Bonchev–Trinajstić information content (AvgIpc) is 3.19. The molecule has 0 bridgehead atoms. The van der Waals surface area contributed by atoms with E-state index in [1.165, 1.54) is 173 Å². The van der Waals surface area contributed by atoms with Crippen molar-refractivity contribution in [2.75, 3.05) is 47.5 Å². The fourth-order valence-electron chi connectivity index (χ4n) is 7.14. The van der Waals surface area contributed by atoms with Gasteiger partial charge < -0.3 is 18.9 Å². The molecule has 0 saturated heterocycles. The van der Waals surface area contributed by atoms with Crippen molar-refractivity contribution >= 4 is 19.8 Å². The van der Waals surface area contributed by atoms with Crippen LogP contribution in [0.1, 0.15) is 239 Å². The Morgan fingerprint density at radius 2 is 0.881 bits per heavy atom. The molecule has 0 spiro atoms. The predicted molar refractivity (Wildman–Crippen MR) is 248 cm³/mol. The lowest BCUT2D eigenvalue weighted by molar-refractivity contribution is -0.870. The van der Waals surface area contributed by atoms with Crippen LogP contribution in [0, 0.1) is 0 Å². The fraction of sp³-hybridized carbons (Fsp3) is 0.918. The lowest BCUT2D eigenvalue weighted by atomic mass is 10.0. The Labute approximate surface area is 365 Å². The molecular weight excluding hydrogens is 762 g/mol. The highest BCUT2D eigenvalue weighted by molar-refractivity contribution is 7.47. The van der Waals surface area contributed by atoms with Gasteiger partial charge in [0.15, 0.2) is 6.10 Å². The maximum atomic E-state index is 12.7. The van der Waals surface area contributed by atoms with Crippen LogP contribution in [0.3, 0.4) is 0 Å². The van der Waals surface area contributed by atoms with Crippen LogP contribution >= 0.6 is 7.82 Å². The summed E-state index contributed by atoms with van der Waals surface area (Å²) in [6.07, 6.45) is 45.7. The van der Waals surface area contributed by atoms with Gasteiger partial charge in [-0.2, -0.15) is 0 Å². The van der Waals surface area contributed by atoms with Crippen LogP contribution in [0.4, 0.5) is 0 Å². The topological polar surface area (TPSA) is 108 Å². The second-order valence-electron chi connectivity index (χ2n) is 18.2. The summed E-state index contributed by atoms with van der Waals surface area (Å²) in [6.45, 7) is 4.43. The van der Waals surface area contributed by atoms with E-state index >= 15 is 0 Å². The first-order valence-electron chi connectivity index (χ1n) is 24.9. The Kier molecular flexibility index (Phi) is 41.2. The smallest absolute Gasteiger partial charge is 0.462 e. The number of phosphoric acid groups is 1. The molecular formula is C49H97NO8P+. The van der Waals surface area contributed by atoms with Crippen molar-refractivity contribution in [2.24, 2.45) is 0 Å². The lowest BCUT2D eigenvalue weighted by Crippen LogP contribution is -2.37. The van der Waals surface area contributed by atoms with Gasteiger partial charge in [0.05, 0.1) is 27.7 Å². The van der Waals surface area contributed by atoms with Crippen LogP contribution in [0.25, 0.3) is 0 Å². The van der Waals surface area contributed by atoms with Crippen molar-refractivity contribution in [1.29, 1.82) is 0 Å². The normalized spacial score (nSPS) is 13.5. The largest absolute Gasteiger partial charge is 0.472 e. The van der Waals surface area contributed by atoms with Gasteiger partial charge in [-0.05, 0) is 32.1 Å². The SMILES string of the molecule is CCCCCCCCCCCCCCCCCCCC/C=C/CCCC(=O)O[C@H](COC(=O)CCCCCCCCCCCCCC)COP(=O)(O)OCC[N+](C)(C)C. The van der Waals surface area contributed by atoms with Gasteiger partial charge in [0.25, 0.3) is 0 Å². The van der Waals surface area contributed by atoms with Crippen molar-refractivity contribution in [3.8, 4) is 0 Å². The highest BCUT2D eigenvalue weighted by Gasteiger charge is 2.27. The molecule has 1 N–H and O–H groups in total. The Bertz CT molecular complexity index is 1020. The maximum Gasteiger partial charge on any atom is 0.472 e. The van der Waals surface area contributed by atoms with Crippen molar-refractivity contribution < 1.29 is 42.1 Å². The van der Waals surface area contributed by atoms with Crippen LogP contribution in [-0.2, 0) is 32.7 Å². The van der Waals surface area contributed by atoms with E-state index in [-0.39, 0.29) is 32.0 Å². The average molecular weight is 859 g/mol. The van der Waals surface area contributed by atoms with Gasteiger partial charge in [-0.25, -0.2) is 4.57 Å². The summed E-state index contributed by atoms with van der Waals surface area (Å²) in [5, 5.41) is 0. The molecule has 0 aliphatic carbocycles.